The molecular weight excluding hydrogens is 229 g/mol. The highest BCUT2D eigenvalue weighted by Crippen LogP contribution is 2.32. The largest absolute Gasteiger partial charge is 0.478 e. The van der Waals surface area contributed by atoms with Gasteiger partial charge in [-0.25, -0.2) is 4.79 Å². The van der Waals surface area contributed by atoms with Crippen LogP contribution in [0.3, 0.4) is 0 Å². The molecule has 1 aromatic heterocycles. The molecule has 1 rings (SSSR count). The fraction of sp³-hybridized carbons (Fsp3) is 0.375. The van der Waals surface area contributed by atoms with E-state index in [9.17, 15) is 18.0 Å². The van der Waals surface area contributed by atoms with Gasteiger partial charge in [-0.2, -0.15) is 23.1 Å². The van der Waals surface area contributed by atoms with E-state index >= 15 is 0 Å². The number of methoxy groups -OCH3 is 1. The summed E-state index contributed by atoms with van der Waals surface area (Å²) in [7, 11) is 1.09. The molecule has 0 aliphatic rings. The van der Waals surface area contributed by atoms with E-state index in [1.807, 2.05) is 0 Å². The molecule has 5 nitrogen and oxygen atoms in total. The number of rotatable bonds is 2. The Kier molecular flexibility index (Phi) is 3.02. The first-order valence-electron chi connectivity index (χ1n) is 4.00. The molecule has 0 aliphatic carbocycles. The summed E-state index contributed by atoms with van der Waals surface area (Å²) in [6.07, 6.45) is -4.87. The van der Waals surface area contributed by atoms with E-state index in [0.29, 0.717) is 0 Å². The molecule has 0 unspecified atom stereocenters. The van der Waals surface area contributed by atoms with Crippen LogP contribution in [0.4, 0.5) is 13.2 Å². The molecule has 1 heterocycles. The van der Waals surface area contributed by atoms with Crippen LogP contribution in [-0.4, -0.2) is 28.2 Å². The first-order valence-corrected chi connectivity index (χ1v) is 4.00. The summed E-state index contributed by atoms with van der Waals surface area (Å²) in [4.78, 5) is 17.1. The number of hydrogen-bond donors (Lipinski definition) is 1. The Balaban J connectivity index is 3.53. The molecule has 16 heavy (non-hydrogen) atoms. The highest BCUT2D eigenvalue weighted by atomic mass is 19.4. The van der Waals surface area contributed by atoms with Gasteiger partial charge in [0.2, 0.25) is 0 Å². The fourth-order valence-electron chi connectivity index (χ4n) is 1.10. The molecule has 1 aromatic rings. The maximum Gasteiger partial charge on any atom is 0.434 e. The molecule has 8 heteroatoms. The summed E-state index contributed by atoms with van der Waals surface area (Å²) in [5.41, 5.74) is -2.77. The van der Waals surface area contributed by atoms with Crippen LogP contribution >= 0.6 is 0 Å². The van der Waals surface area contributed by atoms with Gasteiger partial charge in [0.25, 0.3) is 0 Å². The van der Waals surface area contributed by atoms with Gasteiger partial charge >= 0.3 is 18.2 Å². The average molecular weight is 236 g/mol. The number of carboxylic acid groups (broad SMARTS) is 1. The Morgan fingerprint density at radius 2 is 1.94 bits per heavy atom. The zero-order valence-corrected chi connectivity index (χ0v) is 8.29. The number of aryl methyl sites for hydroxylation is 1. The lowest BCUT2D eigenvalue weighted by Crippen LogP contribution is -2.18. The van der Waals surface area contributed by atoms with Crippen molar-refractivity contribution < 1.29 is 27.8 Å². The molecule has 1 N–H and O–H groups in total. The SMILES string of the molecule is COc1nc(C)c(C(=O)O)c(C(F)(F)F)n1. The number of carboxylic acids is 1. The van der Waals surface area contributed by atoms with Gasteiger partial charge in [-0.1, -0.05) is 0 Å². The van der Waals surface area contributed by atoms with E-state index in [4.69, 9.17) is 5.11 Å². The minimum atomic E-state index is -4.87. The normalized spacial score (nSPS) is 11.3. The van der Waals surface area contributed by atoms with Crippen molar-refractivity contribution in [3.05, 3.63) is 17.0 Å². The second-order valence-corrected chi connectivity index (χ2v) is 2.82. The predicted molar refractivity (Wildman–Crippen MR) is 45.3 cm³/mol. The number of ether oxygens (including phenoxy) is 1. The third kappa shape index (κ3) is 2.20. The van der Waals surface area contributed by atoms with Crippen molar-refractivity contribution >= 4 is 5.97 Å². The Bertz CT molecular complexity index is 431. The number of hydrogen-bond acceptors (Lipinski definition) is 4. The van der Waals surface area contributed by atoms with Crippen LogP contribution in [0.2, 0.25) is 0 Å². The molecule has 0 fully saturated rings. The van der Waals surface area contributed by atoms with E-state index in [-0.39, 0.29) is 5.69 Å². The highest BCUT2D eigenvalue weighted by Gasteiger charge is 2.39. The number of nitrogens with zero attached hydrogens (tertiary/aromatic N) is 2. The van der Waals surface area contributed by atoms with E-state index < -0.39 is 29.4 Å². The lowest BCUT2D eigenvalue weighted by molar-refractivity contribution is -0.142. The molecule has 0 spiro atoms. The minimum absolute atomic E-state index is 0.299. The number of aromatic carboxylic acids is 1. The van der Waals surface area contributed by atoms with Crippen LogP contribution in [0, 0.1) is 6.92 Å². The standard InChI is InChI=1S/C8H7F3N2O3/c1-3-4(6(14)15)5(8(9,10)11)13-7(12-3)16-2/h1-2H3,(H,14,15). The van der Waals surface area contributed by atoms with Gasteiger partial charge in [0, 0.05) is 0 Å². The van der Waals surface area contributed by atoms with Crippen molar-refractivity contribution in [2.45, 2.75) is 13.1 Å². The van der Waals surface area contributed by atoms with Crippen LogP contribution < -0.4 is 4.74 Å². The molecule has 0 bridgehead atoms. The first kappa shape index (κ1) is 12.2. The molecule has 0 aromatic carbocycles. The molecule has 0 aliphatic heterocycles. The molecule has 0 saturated heterocycles. The average Bonchev–Trinajstić information content (AvgIpc) is 2.14. The Morgan fingerprint density at radius 3 is 2.31 bits per heavy atom. The van der Waals surface area contributed by atoms with E-state index in [1.165, 1.54) is 0 Å². The van der Waals surface area contributed by atoms with Gasteiger partial charge < -0.3 is 9.84 Å². The van der Waals surface area contributed by atoms with Gasteiger partial charge in [-0.05, 0) is 6.92 Å². The topological polar surface area (TPSA) is 72.3 Å². The Labute approximate surface area is 87.9 Å². The zero-order chi connectivity index (χ0) is 12.5. The smallest absolute Gasteiger partial charge is 0.434 e. The summed E-state index contributed by atoms with van der Waals surface area (Å²) in [6, 6.07) is -0.519. The third-order valence-corrected chi connectivity index (χ3v) is 1.73. The quantitative estimate of drug-likeness (QED) is 0.842. The van der Waals surface area contributed by atoms with Gasteiger partial charge in [0.15, 0.2) is 5.69 Å². The summed E-state index contributed by atoms with van der Waals surface area (Å²) < 4.78 is 41.9. The first-order chi connectivity index (χ1) is 7.27. The number of carbonyl (C=O) groups is 1. The molecular formula is C8H7F3N2O3. The second kappa shape index (κ2) is 3.95. The molecule has 0 atom stereocenters. The van der Waals surface area contributed by atoms with E-state index in [1.54, 1.807) is 0 Å². The zero-order valence-electron chi connectivity index (χ0n) is 8.29. The highest BCUT2D eigenvalue weighted by molar-refractivity contribution is 5.90. The molecule has 0 saturated carbocycles. The monoisotopic (exact) mass is 236 g/mol. The third-order valence-electron chi connectivity index (χ3n) is 1.73. The van der Waals surface area contributed by atoms with Gasteiger partial charge in [0.1, 0.15) is 5.56 Å². The summed E-state index contributed by atoms with van der Waals surface area (Å²) in [5.74, 6) is -1.73. The Hall–Kier alpha value is -1.86. The van der Waals surface area contributed by atoms with Crippen LogP contribution in [0.5, 0.6) is 6.01 Å². The van der Waals surface area contributed by atoms with Gasteiger partial charge in [-0.3, -0.25) is 0 Å². The van der Waals surface area contributed by atoms with Crippen molar-refractivity contribution in [3.63, 3.8) is 0 Å². The van der Waals surface area contributed by atoms with Crippen LogP contribution in [0.1, 0.15) is 21.7 Å². The van der Waals surface area contributed by atoms with Gasteiger partial charge in [-0.15, -0.1) is 0 Å². The minimum Gasteiger partial charge on any atom is -0.478 e. The summed E-state index contributed by atoms with van der Waals surface area (Å²) in [6.45, 7) is 1.14. The van der Waals surface area contributed by atoms with Crippen LogP contribution in [-0.2, 0) is 6.18 Å². The molecule has 0 amide bonds. The van der Waals surface area contributed by atoms with E-state index in [2.05, 4.69) is 14.7 Å². The predicted octanol–water partition coefficient (Wildman–Crippen LogP) is 1.51. The van der Waals surface area contributed by atoms with Crippen molar-refractivity contribution in [1.29, 1.82) is 0 Å². The number of alkyl halides is 3. The number of halogens is 3. The van der Waals surface area contributed by atoms with Crippen molar-refractivity contribution in [2.24, 2.45) is 0 Å². The summed E-state index contributed by atoms with van der Waals surface area (Å²) in [5, 5.41) is 8.65. The van der Waals surface area contributed by atoms with Crippen LogP contribution in [0.15, 0.2) is 0 Å². The Morgan fingerprint density at radius 1 is 1.38 bits per heavy atom. The van der Waals surface area contributed by atoms with Crippen LogP contribution in [0.25, 0.3) is 0 Å². The second-order valence-electron chi connectivity index (χ2n) is 2.82. The van der Waals surface area contributed by atoms with Crippen molar-refractivity contribution in [3.8, 4) is 6.01 Å². The molecule has 88 valence electrons. The summed E-state index contributed by atoms with van der Waals surface area (Å²) >= 11 is 0. The maximum absolute atomic E-state index is 12.5. The lowest BCUT2D eigenvalue weighted by atomic mass is 10.1. The molecule has 0 radical (unpaired) electrons. The number of aromatic nitrogens is 2. The maximum atomic E-state index is 12.5. The van der Waals surface area contributed by atoms with Gasteiger partial charge in [0.05, 0.1) is 12.8 Å². The fourth-order valence-corrected chi connectivity index (χ4v) is 1.10. The lowest BCUT2D eigenvalue weighted by Gasteiger charge is -2.11. The van der Waals surface area contributed by atoms with E-state index in [0.717, 1.165) is 14.0 Å². The van der Waals surface area contributed by atoms with Crippen molar-refractivity contribution in [2.75, 3.05) is 7.11 Å². The van der Waals surface area contributed by atoms with Crippen molar-refractivity contribution in [1.82, 2.24) is 9.97 Å².